The molecule has 0 radical (unpaired) electrons. The minimum Gasteiger partial charge on any atom is -0.310 e. The molecule has 3 nitrogen and oxygen atoms in total. The second-order valence-corrected chi connectivity index (χ2v) is 6.09. The summed E-state index contributed by atoms with van der Waals surface area (Å²) in [6.07, 6.45) is 5.43. The molecule has 2 heterocycles. The van der Waals surface area contributed by atoms with Crippen molar-refractivity contribution < 1.29 is 0 Å². The topological polar surface area (TPSA) is 18.5 Å². The van der Waals surface area contributed by atoms with Gasteiger partial charge in [-0.15, -0.1) is 0 Å². The van der Waals surface area contributed by atoms with Gasteiger partial charge in [-0.2, -0.15) is 0 Å². The highest BCUT2D eigenvalue weighted by Gasteiger charge is 2.32. The van der Waals surface area contributed by atoms with E-state index in [1.54, 1.807) is 0 Å². The Labute approximate surface area is 100 Å². The van der Waals surface area contributed by atoms with Crippen molar-refractivity contribution >= 4 is 0 Å². The lowest BCUT2D eigenvalue weighted by atomic mass is 9.90. The van der Waals surface area contributed by atoms with Crippen LogP contribution in [0.4, 0.5) is 0 Å². The van der Waals surface area contributed by atoms with Gasteiger partial charge in [0.25, 0.3) is 0 Å². The summed E-state index contributed by atoms with van der Waals surface area (Å²) in [4.78, 5) is 5.01. The third kappa shape index (κ3) is 2.96. The van der Waals surface area contributed by atoms with Gasteiger partial charge in [-0.1, -0.05) is 6.42 Å². The van der Waals surface area contributed by atoms with Crippen molar-refractivity contribution in [3.8, 4) is 0 Å². The molecule has 0 aromatic carbocycles. The van der Waals surface area contributed by atoms with Gasteiger partial charge in [-0.3, -0.25) is 4.90 Å². The molecule has 2 unspecified atom stereocenters. The third-order valence-electron chi connectivity index (χ3n) is 4.26. The Balaban J connectivity index is 1.81. The predicted octanol–water partition coefficient (Wildman–Crippen LogP) is 1.15. The summed E-state index contributed by atoms with van der Waals surface area (Å²) in [5.41, 5.74) is 0.374. The van der Waals surface area contributed by atoms with Crippen LogP contribution in [-0.4, -0.2) is 61.7 Å². The maximum atomic E-state index is 3.71. The highest BCUT2D eigenvalue weighted by molar-refractivity contribution is 4.92. The molecule has 0 aromatic rings. The van der Waals surface area contributed by atoms with E-state index in [2.05, 4.69) is 36.1 Å². The summed E-state index contributed by atoms with van der Waals surface area (Å²) in [7, 11) is 4.41. The third-order valence-corrected chi connectivity index (χ3v) is 4.26. The fourth-order valence-electron chi connectivity index (χ4n) is 3.12. The van der Waals surface area contributed by atoms with Crippen molar-refractivity contribution in [3.63, 3.8) is 0 Å². The Morgan fingerprint density at radius 2 is 2.19 bits per heavy atom. The highest BCUT2D eigenvalue weighted by atomic mass is 15.2. The number of hydrogen-bond acceptors (Lipinski definition) is 3. The van der Waals surface area contributed by atoms with Crippen LogP contribution >= 0.6 is 0 Å². The molecule has 2 atom stereocenters. The summed E-state index contributed by atoms with van der Waals surface area (Å²) >= 11 is 0. The van der Waals surface area contributed by atoms with Crippen molar-refractivity contribution in [2.45, 2.75) is 44.2 Å². The molecule has 1 N–H and O–H groups in total. The van der Waals surface area contributed by atoms with Gasteiger partial charge in [-0.25, -0.2) is 0 Å². The monoisotopic (exact) mass is 225 g/mol. The normalized spacial score (nSPS) is 37.1. The molecule has 3 heteroatoms. The SMILES string of the molecule is CN(C)C1CCN(CC2(C)CCCCN2)C1. The maximum absolute atomic E-state index is 3.71. The number of nitrogens with one attached hydrogen (secondary N) is 1. The lowest BCUT2D eigenvalue weighted by molar-refractivity contribution is 0.177. The maximum Gasteiger partial charge on any atom is 0.0280 e. The largest absolute Gasteiger partial charge is 0.310 e. The number of nitrogens with zero attached hydrogens (tertiary/aromatic N) is 2. The standard InChI is InChI=1S/C13H27N3/c1-13(7-4-5-8-14-13)11-16-9-6-12(10-16)15(2)3/h12,14H,4-11H2,1-3H3. The summed E-state index contributed by atoms with van der Waals surface area (Å²) in [5, 5.41) is 3.71. The summed E-state index contributed by atoms with van der Waals surface area (Å²) in [5.74, 6) is 0. The van der Waals surface area contributed by atoms with Crippen LogP contribution < -0.4 is 5.32 Å². The zero-order chi connectivity index (χ0) is 11.6. The van der Waals surface area contributed by atoms with Gasteiger partial charge >= 0.3 is 0 Å². The molecular weight excluding hydrogens is 198 g/mol. The molecule has 0 aromatic heterocycles. The summed E-state index contributed by atoms with van der Waals surface area (Å²) in [6, 6.07) is 0.771. The van der Waals surface area contributed by atoms with E-state index in [-0.39, 0.29) is 0 Å². The van der Waals surface area contributed by atoms with E-state index in [1.165, 1.54) is 51.9 Å². The minimum atomic E-state index is 0.374. The van der Waals surface area contributed by atoms with E-state index in [0.29, 0.717) is 5.54 Å². The average molecular weight is 225 g/mol. The molecule has 94 valence electrons. The van der Waals surface area contributed by atoms with Gasteiger partial charge in [0.05, 0.1) is 0 Å². The van der Waals surface area contributed by atoms with Crippen molar-refractivity contribution in [1.82, 2.24) is 15.1 Å². The number of likely N-dealkylation sites (N-methyl/N-ethyl adjacent to an activating group) is 1. The van der Waals surface area contributed by atoms with Gasteiger partial charge < -0.3 is 10.2 Å². The van der Waals surface area contributed by atoms with Crippen LogP contribution in [0.2, 0.25) is 0 Å². The molecule has 2 aliphatic rings. The number of piperidine rings is 1. The molecule has 0 aliphatic carbocycles. The van der Waals surface area contributed by atoms with E-state index in [9.17, 15) is 0 Å². The van der Waals surface area contributed by atoms with E-state index in [4.69, 9.17) is 0 Å². The van der Waals surface area contributed by atoms with E-state index < -0.39 is 0 Å². The lowest BCUT2D eigenvalue weighted by Crippen LogP contribution is -2.53. The molecule has 0 amide bonds. The first-order chi connectivity index (χ1) is 7.59. The average Bonchev–Trinajstić information content (AvgIpc) is 2.66. The molecular formula is C13H27N3. The molecule has 16 heavy (non-hydrogen) atoms. The van der Waals surface area contributed by atoms with Gasteiger partial charge in [0.15, 0.2) is 0 Å². The van der Waals surface area contributed by atoms with Crippen LogP contribution in [0.3, 0.4) is 0 Å². The Bertz CT molecular complexity index is 221. The number of rotatable bonds is 3. The van der Waals surface area contributed by atoms with Crippen LogP contribution in [0, 0.1) is 0 Å². The number of hydrogen-bond donors (Lipinski definition) is 1. The van der Waals surface area contributed by atoms with Crippen molar-refractivity contribution in [1.29, 1.82) is 0 Å². The Kier molecular flexibility index (Phi) is 3.88. The summed E-state index contributed by atoms with van der Waals surface area (Å²) in [6.45, 7) is 7.37. The van der Waals surface area contributed by atoms with Gasteiger partial charge in [0.2, 0.25) is 0 Å². The minimum absolute atomic E-state index is 0.374. The van der Waals surface area contributed by atoms with Crippen LogP contribution in [0.1, 0.15) is 32.6 Å². The molecule has 2 saturated heterocycles. The molecule has 2 rings (SSSR count). The summed E-state index contributed by atoms with van der Waals surface area (Å²) < 4.78 is 0. The first-order valence-electron chi connectivity index (χ1n) is 6.73. The number of likely N-dealkylation sites (tertiary alicyclic amines) is 1. The van der Waals surface area contributed by atoms with E-state index in [0.717, 1.165) is 6.04 Å². The van der Waals surface area contributed by atoms with Gasteiger partial charge in [0.1, 0.15) is 0 Å². The Morgan fingerprint density at radius 3 is 2.75 bits per heavy atom. The van der Waals surface area contributed by atoms with Gasteiger partial charge in [0, 0.05) is 24.7 Å². The Morgan fingerprint density at radius 1 is 1.38 bits per heavy atom. The fourth-order valence-corrected chi connectivity index (χ4v) is 3.12. The van der Waals surface area contributed by atoms with Crippen molar-refractivity contribution in [2.75, 3.05) is 40.3 Å². The van der Waals surface area contributed by atoms with Crippen molar-refractivity contribution in [3.05, 3.63) is 0 Å². The van der Waals surface area contributed by atoms with Crippen molar-refractivity contribution in [2.24, 2.45) is 0 Å². The molecule has 0 spiro atoms. The van der Waals surface area contributed by atoms with Crippen LogP contribution in [0.5, 0.6) is 0 Å². The zero-order valence-electron chi connectivity index (χ0n) is 11.1. The molecule has 0 saturated carbocycles. The smallest absolute Gasteiger partial charge is 0.0280 e. The molecule has 0 bridgehead atoms. The Hall–Kier alpha value is -0.120. The van der Waals surface area contributed by atoms with Crippen LogP contribution in [0.25, 0.3) is 0 Å². The second kappa shape index (κ2) is 5.03. The highest BCUT2D eigenvalue weighted by Crippen LogP contribution is 2.22. The first kappa shape index (κ1) is 12.3. The quantitative estimate of drug-likeness (QED) is 0.777. The zero-order valence-corrected chi connectivity index (χ0v) is 11.1. The van der Waals surface area contributed by atoms with E-state index in [1.807, 2.05) is 0 Å². The molecule has 2 aliphatic heterocycles. The second-order valence-electron chi connectivity index (χ2n) is 6.09. The van der Waals surface area contributed by atoms with Gasteiger partial charge in [-0.05, 0) is 53.4 Å². The van der Waals surface area contributed by atoms with Crippen LogP contribution in [0.15, 0.2) is 0 Å². The fraction of sp³-hybridized carbons (Fsp3) is 1.00. The lowest BCUT2D eigenvalue weighted by Gasteiger charge is -2.38. The predicted molar refractivity (Wildman–Crippen MR) is 68.8 cm³/mol. The first-order valence-corrected chi connectivity index (χ1v) is 6.73. The van der Waals surface area contributed by atoms with E-state index >= 15 is 0 Å². The van der Waals surface area contributed by atoms with Crippen LogP contribution in [-0.2, 0) is 0 Å². The molecule has 2 fully saturated rings.